The number of pyridine rings is 1. The molecule has 0 fully saturated rings. The summed E-state index contributed by atoms with van der Waals surface area (Å²) in [6, 6.07) is 7.45. The van der Waals surface area contributed by atoms with Crippen LogP contribution in [0.4, 0.5) is 5.69 Å². The number of hydrogen-bond donors (Lipinski definition) is 1. The number of hydrogen-bond acceptors (Lipinski definition) is 5. The van der Waals surface area contributed by atoms with Crippen LogP contribution in [0.25, 0.3) is 0 Å². The van der Waals surface area contributed by atoms with Crippen LogP contribution < -0.4 is 10.5 Å². The van der Waals surface area contributed by atoms with E-state index in [0.29, 0.717) is 23.6 Å². The molecule has 0 radical (unpaired) electrons. The zero-order valence-electron chi connectivity index (χ0n) is 12.5. The number of ether oxygens (including phenoxy) is 2. The lowest BCUT2D eigenvalue weighted by atomic mass is 10.1. The fraction of sp³-hybridized carbons (Fsp3) is 0.294. The predicted molar refractivity (Wildman–Crippen MR) is 82.8 cm³/mol. The third-order valence-corrected chi connectivity index (χ3v) is 3.85. The number of carbonyl (C=O) groups is 1. The van der Waals surface area contributed by atoms with E-state index in [-0.39, 0.29) is 0 Å². The molecule has 0 amide bonds. The molecule has 3 rings (SSSR count). The molecule has 0 atom stereocenters. The molecule has 2 aromatic rings. The van der Waals surface area contributed by atoms with Gasteiger partial charge in [0.05, 0.1) is 24.1 Å². The molecule has 1 aliphatic carbocycles. The maximum atomic E-state index is 11.3. The summed E-state index contributed by atoms with van der Waals surface area (Å²) >= 11 is 0. The number of aromatic nitrogens is 1. The lowest BCUT2D eigenvalue weighted by molar-refractivity contribution is 0.0600. The van der Waals surface area contributed by atoms with Crippen molar-refractivity contribution in [3.05, 3.63) is 52.8 Å². The summed E-state index contributed by atoms with van der Waals surface area (Å²) in [5, 5.41) is 0. The molecule has 1 aromatic heterocycles. The molecular formula is C17H18N2O3. The number of carbonyl (C=O) groups excluding carboxylic acids is 1. The van der Waals surface area contributed by atoms with Gasteiger partial charge < -0.3 is 15.2 Å². The average molecular weight is 298 g/mol. The van der Waals surface area contributed by atoms with E-state index in [9.17, 15) is 4.79 Å². The van der Waals surface area contributed by atoms with Gasteiger partial charge in [0.1, 0.15) is 12.4 Å². The minimum Gasteiger partial charge on any atom is -0.485 e. The number of anilines is 1. The van der Waals surface area contributed by atoms with E-state index in [2.05, 4.69) is 9.72 Å². The number of rotatable bonds is 4. The number of nitrogen functional groups attached to an aromatic ring is 1. The second-order valence-corrected chi connectivity index (χ2v) is 5.33. The van der Waals surface area contributed by atoms with Crippen LogP contribution >= 0.6 is 0 Å². The Morgan fingerprint density at radius 2 is 2.05 bits per heavy atom. The Balaban J connectivity index is 1.69. The first kappa shape index (κ1) is 14.4. The van der Waals surface area contributed by atoms with E-state index in [0.717, 1.165) is 18.5 Å². The van der Waals surface area contributed by atoms with Gasteiger partial charge in [-0.3, -0.25) is 4.98 Å². The molecule has 22 heavy (non-hydrogen) atoms. The van der Waals surface area contributed by atoms with Crippen molar-refractivity contribution in [2.75, 3.05) is 12.8 Å². The monoisotopic (exact) mass is 298 g/mol. The summed E-state index contributed by atoms with van der Waals surface area (Å²) < 4.78 is 10.4. The van der Waals surface area contributed by atoms with Gasteiger partial charge in [-0.05, 0) is 54.7 Å². The van der Waals surface area contributed by atoms with Crippen molar-refractivity contribution in [3.8, 4) is 5.75 Å². The van der Waals surface area contributed by atoms with Crippen LogP contribution in [0, 0.1) is 0 Å². The molecule has 5 nitrogen and oxygen atoms in total. The minimum absolute atomic E-state index is 0.310. The molecule has 1 heterocycles. The number of methoxy groups -OCH3 is 1. The van der Waals surface area contributed by atoms with Crippen LogP contribution in [0.3, 0.4) is 0 Å². The van der Waals surface area contributed by atoms with Crippen LogP contribution in [0.15, 0.2) is 30.5 Å². The first-order chi connectivity index (χ1) is 10.7. The van der Waals surface area contributed by atoms with Crippen LogP contribution in [0.5, 0.6) is 5.75 Å². The van der Waals surface area contributed by atoms with Crippen molar-refractivity contribution >= 4 is 11.7 Å². The third-order valence-electron chi connectivity index (χ3n) is 3.85. The molecule has 114 valence electrons. The minimum atomic E-state index is -0.400. The molecule has 0 bridgehead atoms. The third kappa shape index (κ3) is 2.88. The zero-order valence-corrected chi connectivity index (χ0v) is 12.5. The van der Waals surface area contributed by atoms with Gasteiger partial charge in [0.2, 0.25) is 0 Å². The van der Waals surface area contributed by atoms with Crippen molar-refractivity contribution in [2.24, 2.45) is 0 Å². The normalized spacial score (nSPS) is 12.8. The van der Waals surface area contributed by atoms with Crippen molar-refractivity contribution in [1.82, 2.24) is 4.98 Å². The molecule has 2 N–H and O–H groups in total. The van der Waals surface area contributed by atoms with Crippen LogP contribution in [0.1, 0.15) is 33.6 Å². The topological polar surface area (TPSA) is 74.4 Å². The average Bonchev–Trinajstić information content (AvgIpc) is 2.99. The standard InChI is InChI=1S/C17H18N2O3/c1-21-17(20)13-5-6-14(19-9-13)10-22-16-8-12-4-2-3-11(12)7-15(16)18/h5-9H,2-4,10,18H2,1H3. The summed E-state index contributed by atoms with van der Waals surface area (Å²) in [6.07, 6.45) is 4.83. The zero-order chi connectivity index (χ0) is 15.5. The maximum Gasteiger partial charge on any atom is 0.339 e. The summed E-state index contributed by atoms with van der Waals surface area (Å²) in [5.41, 5.74) is 10.5. The van der Waals surface area contributed by atoms with E-state index >= 15 is 0 Å². The Morgan fingerprint density at radius 3 is 2.73 bits per heavy atom. The maximum absolute atomic E-state index is 11.3. The van der Waals surface area contributed by atoms with Crippen LogP contribution in [-0.2, 0) is 24.2 Å². The second kappa shape index (κ2) is 6.05. The van der Waals surface area contributed by atoms with Gasteiger partial charge in [-0.1, -0.05) is 0 Å². The van der Waals surface area contributed by atoms with E-state index in [1.54, 1.807) is 12.1 Å². The largest absolute Gasteiger partial charge is 0.485 e. The smallest absolute Gasteiger partial charge is 0.339 e. The Labute approximate surface area is 129 Å². The van der Waals surface area contributed by atoms with Gasteiger partial charge >= 0.3 is 5.97 Å². The number of esters is 1. The van der Waals surface area contributed by atoms with E-state index in [1.807, 2.05) is 12.1 Å². The molecule has 1 aliphatic rings. The highest BCUT2D eigenvalue weighted by atomic mass is 16.5. The molecular weight excluding hydrogens is 280 g/mol. The fourth-order valence-corrected chi connectivity index (χ4v) is 2.65. The Bertz CT molecular complexity index is 696. The number of nitrogens with two attached hydrogens (primary N) is 1. The summed E-state index contributed by atoms with van der Waals surface area (Å²) in [5.74, 6) is 0.294. The van der Waals surface area contributed by atoms with Gasteiger partial charge in [0, 0.05) is 6.20 Å². The van der Waals surface area contributed by atoms with Crippen LogP contribution in [-0.4, -0.2) is 18.1 Å². The molecule has 0 unspecified atom stereocenters. The van der Waals surface area contributed by atoms with Gasteiger partial charge in [-0.2, -0.15) is 0 Å². The number of fused-ring (bicyclic) bond motifs is 1. The number of nitrogens with zero attached hydrogens (tertiary/aromatic N) is 1. The van der Waals surface area contributed by atoms with Crippen molar-refractivity contribution in [1.29, 1.82) is 0 Å². The quantitative estimate of drug-likeness (QED) is 0.693. The van der Waals surface area contributed by atoms with Gasteiger partial charge in [0.15, 0.2) is 0 Å². The molecule has 5 heteroatoms. The van der Waals surface area contributed by atoms with Gasteiger partial charge in [-0.15, -0.1) is 0 Å². The summed E-state index contributed by atoms with van der Waals surface area (Å²) in [7, 11) is 1.34. The molecule has 0 spiro atoms. The fourth-order valence-electron chi connectivity index (χ4n) is 2.65. The lowest BCUT2D eigenvalue weighted by Crippen LogP contribution is -2.05. The number of aryl methyl sites for hydroxylation is 2. The predicted octanol–water partition coefficient (Wildman–Crippen LogP) is 2.52. The highest BCUT2D eigenvalue weighted by molar-refractivity contribution is 5.88. The van der Waals surface area contributed by atoms with Crippen molar-refractivity contribution < 1.29 is 14.3 Å². The molecule has 1 aromatic carbocycles. The van der Waals surface area contributed by atoms with E-state index in [1.165, 1.54) is 30.9 Å². The van der Waals surface area contributed by atoms with E-state index < -0.39 is 5.97 Å². The Morgan fingerprint density at radius 1 is 1.27 bits per heavy atom. The van der Waals surface area contributed by atoms with Crippen molar-refractivity contribution in [2.45, 2.75) is 25.9 Å². The molecule has 0 aliphatic heterocycles. The van der Waals surface area contributed by atoms with Gasteiger partial charge in [-0.25, -0.2) is 4.79 Å². The van der Waals surface area contributed by atoms with Crippen LogP contribution in [0.2, 0.25) is 0 Å². The first-order valence-electron chi connectivity index (χ1n) is 7.24. The summed E-state index contributed by atoms with van der Waals surface area (Å²) in [4.78, 5) is 15.5. The molecule has 0 saturated carbocycles. The molecule has 0 saturated heterocycles. The SMILES string of the molecule is COC(=O)c1ccc(COc2cc3c(cc2N)CCC3)nc1. The van der Waals surface area contributed by atoms with Crippen molar-refractivity contribution in [3.63, 3.8) is 0 Å². The summed E-state index contributed by atoms with van der Waals surface area (Å²) in [6.45, 7) is 0.310. The highest BCUT2D eigenvalue weighted by Crippen LogP contribution is 2.31. The lowest BCUT2D eigenvalue weighted by Gasteiger charge is -2.11. The Kier molecular flexibility index (Phi) is 3.96. The van der Waals surface area contributed by atoms with Gasteiger partial charge in [0.25, 0.3) is 0 Å². The van der Waals surface area contributed by atoms with E-state index in [4.69, 9.17) is 10.5 Å². The highest BCUT2D eigenvalue weighted by Gasteiger charge is 2.14. The number of benzene rings is 1. The first-order valence-corrected chi connectivity index (χ1v) is 7.24. The second-order valence-electron chi connectivity index (χ2n) is 5.33. The Hall–Kier alpha value is -2.56.